The van der Waals surface area contributed by atoms with Crippen LogP contribution in [0.4, 0.5) is 0 Å². The third kappa shape index (κ3) is 4.82. The summed E-state index contributed by atoms with van der Waals surface area (Å²) in [5, 5.41) is 15.3. The maximum absolute atomic E-state index is 10.7. The van der Waals surface area contributed by atoms with Gasteiger partial charge in [0.2, 0.25) is 0 Å². The van der Waals surface area contributed by atoms with Crippen LogP contribution in [-0.2, 0) is 10.1 Å². The third-order valence-corrected chi connectivity index (χ3v) is 5.15. The van der Waals surface area contributed by atoms with Crippen LogP contribution >= 0.6 is 8.25 Å². The number of aliphatic hydroxyl groups is 1. The van der Waals surface area contributed by atoms with E-state index < -0.39 is 19.9 Å². The van der Waals surface area contributed by atoms with Crippen LogP contribution < -0.4 is 0 Å². The molecule has 3 aromatic carbocycles. The van der Waals surface area contributed by atoms with E-state index in [1.165, 1.54) is 6.33 Å². The summed E-state index contributed by atoms with van der Waals surface area (Å²) in [5.74, 6) is 0.555. The molecule has 0 aliphatic rings. The molecule has 0 spiro atoms. The Balaban J connectivity index is 0.000000668. The van der Waals surface area contributed by atoms with Gasteiger partial charge in [-0.05, 0) is 23.1 Å². The summed E-state index contributed by atoms with van der Waals surface area (Å²) in [6.07, 6.45) is 1.39. The fraction of sp³-hybridized carbons (Fsp3) is 0.167. The van der Waals surface area contributed by atoms with E-state index in [-0.39, 0.29) is 0 Å². The second kappa shape index (κ2) is 10.9. The fourth-order valence-corrected chi connectivity index (χ4v) is 3.82. The molecule has 1 unspecified atom stereocenters. The molecular formula is C24H25N3O4P+. The molecule has 8 heteroatoms. The topological polar surface area (TPSA) is 108 Å². The van der Waals surface area contributed by atoms with Crippen molar-refractivity contribution in [2.45, 2.75) is 25.0 Å². The Bertz CT molecular complexity index is 1020. The predicted octanol–water partition coefficient (Wildman–Crippen LogP) is 4.19. The molecular weight excluding hydrogens is 425 g/mol. The molecule has 0 aliphatic carbocycles. The van der Waals surface area contributed by atoms with Gasteiger partial charge in [0.25, 0.3) is 0 Å². The van der Waals surface area contributed by atoms with E-state index in [2.05, 4.69) is 46.5 Å². The van der Waals surface area contributed by atoms with Gasteiger partial charge in [0, 0.05) is 4.57 Å². The molecule has 3 N–H and O–H groups in total. The van der Waals surface area contributed by atoms with E-state index in [9.17, 15) is 5.11 Å². The first-order valence-corrected chi connectivity index (χ1v) is 11.3. The molecule has 164 valence electrons. The number of aromatic nitrogens is 3. The molecule has 0 aliphatic heterocycles. The van der Waals surface area contributed by atoms with Crippen LogP contribution in [-0.4, -0.2) is 29.7 Å². The lowest BCUT2D eigenvalue weighted by molar-refractivity contribution is 0.153. The fourth-order valence-electron chi connectivity index (χ4n) is 3.82. The van der Waals surface area contributed by atoms with Crippen LogP contribution in [0.5, 0.6) is 0 Å². The quantitative estimate of drug-likeness (QED) is 0.300. The first-order chi connectivity index (χ1) is 15.5. The number of rotatable bonds is 6. The summed E-state index contributed by atoms with van der Waals surface area (Å²) in [6, 6.07) is 30.8. The summed E-state index contributed by atoms with van der Waals surface area (Å²) in [5.41, 5.74) is 2.43. The van der Waals surface area contributed by atoms with Gasteiger partial charge in [-0.25, -0.2) is 9.67 Å². The van der Waals surface area contributed by atoms with Crippen molar-refractivity contribution in [2.24, 2.45) is 0 Å². The van der Waals surface area contributed by atoms with Gasteiger partial charge < -0.3 is 5.11 Å². The van der Waals surface area contributed by atoms with Gasteiger partial charge in [-0.3, -0.25) is 0 Å². The summed E-state index contributed by atoms with van der Waals surface area (Å²) in [4.78, 5) is 18.7. The van der Waals surface area contributed by atoms with Gasteiger partial charge >= 0.3 is 8.25 Å². The maximum atomic E-state index is 10.7. The maximum Gasteiger partial charge on any atom is 0.692 e. The van der Waals surface area contributed by atoms with Crippen LogP contribution in [0.3, 0.4) is 0 Å². The minimum absolute atomic E-state index is 0.555. The molecule has 0 bridgehead atoms. The van der Waals surface area contributed by atoms with Gasteiger partial charge in [0.05, 0.1) is 0 Å². The van der Waals surface area contributed by atoms with Crippen molar-refractivity contribution < 1.29 is 19.5 Å². The summed E-state index contributed by atoms with van der Waals surface area (Å²) in [7, 11) is -2.87. The zero-order chi connectivity index (χ0) is 23.0. The molecule has 0 saturated carbocycles. The van der Waals surface area contributed by atoms with Crippen molar-refractivity contribution >= 4 is 8.25 Å². The smallest absolute Gasteiger partial charge is 0.385 e. The molecule has 1 heterocycles. The first-order valence-electron chi connectivity index (χ1n) is 10.1. The minimum atomic E-state index is -2.87. The SMILES string of the molecule is CCC(O)c1ncnn1C(c1ccccc1)(c1ccccc1)c1ccccc1.O=[P+](O)O. The first kappa shape index (κ1) is 23.4. The Morgan fingerprint density at radius 3 is 1.56 bits per heavy atom. The van der Waals surface area contributed by atoms with E-state index in [1.54, 1.807) is 0 Å². The number of nitrogens with zero attached hydrogens (tertiary/aromatic N) is 3. The van der Waals surface area contributed by atoms with Crippen molar-refractivity contribution in [3.63, 3.8) is 0 Å². The number of aliphatic hydroxyl groups excluding tert-OH is 1. The zero-order valence-corrected chi connectivity index (χ0v) is 18.5. The summed E-state index contributed by atoms with van der Waals surface area (Å²) >= 11 is 0. The Morgan fingerprint density at radius 1 is 0.844 bits per heavy atom. The van der Waals surface area contributed by atoms with E-state index in [4.69, 9.17) is 14.4 Å². The molecule has 4 rings (SSSR count). The van der Waals surface area contributed by atoms with Crippen LogP contribution in [0.2, 0.25) is 0 Å². The van der Waals surface area contributed by atoms with E-state index in [0.717, 1.165) is 16.7 Å². The van der Waals surface area contributed by atoms with Gasteiger partial charge in [0.15, 0.2) is 5.82 Å². The lowest BCUT2D eigenvalue weighted by Crippen LogP contribution is -2.40. The molecule has 0 radical (unpaired) electrons. The van der Waals surface area contributed by atoms with Crippen LogP contribution in [0.1, 0.15) is 42.0 Å². The third-order valence-electron chi connectivity index (χ3n) is 5.15. The normalized spacial score (nSPS) is 11.9. The molecule has 7 nitrogen and oxygen atoms in total. The van der Waals surface area contributed by atoms with E-state index in [1.807, 2.05) is 66.2 Å². The molecule has 0 amide bonds. The zero-order valence-electron chi connectivity index (χ0n) is 17.6. The molecule has 0 fully saturated rings. The highest BCUT2D eigenvalue weighted by Gasteiger charge is 2.41. The van der Waals surface area contributed by atoms with Gasteiger partial charge in [-0.2, -0.15) is 5.10 Å². The Labute approximate surface area is 187 Å². The van der Waals surface area contributed by atoms with Gasteiger partial charge in [-0.15, -0.1) is 9.79 Å². The molecule has 1 atom stereocenters. The van der Waals surface area contributed by atoms with E-state index in [0.29, 0.717) is 12.2 Å². The molecule has 1 aromatic heterocycles. The Hall–Kier alpha value is -3.22. The van der Waals surface area contributed by atoms with Crippen LogP contribution in [0, 0.1) is 0 Å². The highest BCUT2D eigenvalue weighted by Crippen LogP contribution is 2.41. The average molecular weight is 450 g/mol. The highest BCUT2D eigenvalue weighted by atomic mass is 31.1. The highest BCUT2D eigenvalue weighted by molar-refractivity contribution is 7.30. The van der Waals surface area contributed by atoms with Crippen molar-refractivity contribution in [3.05, 3.63) is 120 Å². The monoisotopic (exact) mass is 450 g/mol. The van der Waals surface area contributed by atoms with Crippen molar-refractivity contribution in [2.75, 3.05) is 0 Å². The van der Waals surface area contributed by atoms with Crippen molar-refractivity contribution in [1.82, 2.24) is 14.8 Å². The second-order valence-corrected chi connectivity index (χ2v) is 7.52. The van der Waals surface area contributed by atoms with E-state index >= 15 is 0 Å². The molecule has 0 saturated heterocycles. The Kier molecular flexibility index (Phi) is 7.98. The molecule has 4 aromatic rings. The van der Waals surface area contributed by atoms with Crippen molar-refractivity contribution in [3.8, 4) is 0 Å². The number of hydrogen-bond acceptors (Lipinski definition) is 4. The summed E-state index contributed by atoms with van der Waals surface area (Å²) < 4.78 is 10.6. The predicted molar refractivity (Wildman–Crippen MR) is 122 cm³/mol. The number of benzene rings is 3. The largest absolute Gasteiger partial charge is 0.692 e. The van der Waals surface area contributed by atoms with Crippen LogP contribution in [0.15, 0.2) is 97.3 Å². The van der Waals surface area contributed by atoms with Gasteiger partial charge in [-0.1, -0.05) is 97.9 Å². The lowest BCUT2D eigenvalue weighted by Gasteiger charge is -2.37. The van der Waals surface area contributed by atoms with Gasteiger partial charge in [0.1, 0.15) is 18.0 Å². The second-order valence-electron chi connectivity index (χ2n) is 7.02. The van der Waals surface area contributed by atoms with Crippen molar-refractivity contribution in [1.29, 1.82) is 0 Å². The lowest BCUT2D eigenvalue weighted by atomic mass is 9.77. The number of hydrogen-bond donors (Lipinski definition) is 3. The molecule has 32 heavy (non-hydrogen) atoms. The standard InChI is InChI=1S/C24H23N3O.HO3P/c1-2-22(28)23-25-18-26-27(23)24(19-12-6-3-7-13-19,20-14-8-4-9-15-20)21-16-10-5-11-17-21;1-4(2)3/h3-18,22,28H,2H2,1H3;(H-,1,2,3)/p+1. The minimum Gasteiger partial charge on any atom is -0.385 e. The van der Waals surface area contributed by atoms with Crippen LogP contribution in [0.25, 0.3) is 0 Å². The average Bonchev–Trinajstić information content (AvgIpc) is 3.31. The summed E-state index contributed by atoms with van der Waals surface area (Å²) in [6.45, 7) is 1.94. The Morgan fingerprint density at radius 2 is 1.22 bits per heavy atom.